The SMILES string of the molecule is COc1cccc(N=C(C)c2c(C)[nH]n(-c3ccc([N+](=O)[O-])cc3)c2=O)c1OC. The van der Waals surface area contributed by atoms with E-state index in [1.807, 2.05) is 0 Å². The Bertz CT molecular complexity index is 1140. The maximum atomic E-state index is 13.0. The van der Waals surface area contributed by atoms with Crippen LogP contribution in [0.2, 0.25) is 0 Å². The fourth-order valence-electron chi connectivity index (χ4n) is 3.07. The van der Waals surface area contributed by atoms with Crippen LogP contribution in [-0.2, 0) is 0 Å². The number of H-pyrrole nitrogens is 1. The molecule has 0 saturated heterocycles. The number of nitrogens with zero attached hydrogens (tertiary/aromatic N) is 3. The number of aliphatic imine (C=N–C) groups is 1. The zero-order valence-corrected chi connectivity index (χ0v) is 16.4. The first-order chi connectivity index (χ1) is 13.9. The van der Waals surface area contributed by atoms with Crippen LogP contribution in [0.3, 0.4) is 0 Å². The van der Waals surface area contributed by atoms with Gasteiger partial charge in [-0.1, -0.05) is 6.07 Å². The second kappa shape index (κ2) is 8.01. The van der Waals surface area contributed by atoms with Gasteiger partial charge in [-0.15, -0.1) is 0 Å². The van der Waals surface area contributed by atoms with Crippen molar-refractivity contribution in [3.63, 3.8) is 0 Å². The van der Waals surface area contributed by atoms with Crippen LogP contribution < -0.4 is 15.0 Å². The number of nitrogens with one attached hydrogen (secondary N) is 1. The van der Waals surface area contributed by atoms with Gasteiger partial charge in [0, 0.05) is 17.8 Å². The molecule has 0 amide bonds. The van der Waals surface area contributed by atoms with Gasteiger partial charge in [-0.05, 0) is 38.1 Å². The fraction of sp³-hybridized carbons (Fsp3) is 0.200. The number of non-ortho nitro benzene ring substituents is 1. The minimum Gasteiger partial charge on any atom is -0.493 e. The van der Waals surface area contributed by atoms with Crippen LogP contribution in [-0.4, -0.2) is 34.6 Å². The van der Waals surface area contributed by atoms with Crippen LogP contribution in [0.25, 0.3) is 5.69 Å². The molecule has 0 bridgehead atoms. The molecule has 1 aromatic heterocycles. The van der Waals surface area contributed by atoms with Crippen molar-refractivity contribution in [1.29, 1.82) is 0 Å². The molecule has 0 fully saturated rings. The first-order valence-corrected chi connectivity index (χ1v) is 8.70. The maximum absolute atomic E-state index is 13.0. The number of methoxy groups -OCH3 is 2. The number of ether oxygens (including phenoxy) is 2. The molecule has 0 saturated carbocycles. The zero-order valence-electron chi connectivity index (χ0n) is 16.4. The number of hydrogen-bond donors (Lipinski definition) is 1. The van der Waals surface area contributed by atoms with Gasteiger partial charge in [0.1, 0.15) is 5.69 Å². The number of nitro benzene ring substituents is 1. The van der Waals surface area contributed by atoms with Crippen molar-refractivity contribution < 1.29 is 14.4 Å². The number of rotatable bonds is 6. The summed E-state index contributed by atoms with van der Waals surface area (Å²) < 4.78 is 12.0. The minimum atomic E-state index is -0.490. The van der Waals surface area contributed by atoms with E-state index in [1.54, 1.807) is 32.0 Å². The van der Waals surface area contributed by atoms with E-state index >= 15 is 0 Å². The van der Waals surface area contributed by atoms with E-state index in [0.29, 0.717) is 39.8 Å². The molecule has 3 aromatic rings. The highest BCUT2D eigenvalue weighted by atomic mass is 16.6. The summed E-state index contributed by atoms with van der Waals surface area (Å²) >= 11 is 0. The van der Waals surface area contributed by atoms with Crippen molar-refractivity contribution in [1.82, 2.24) is 9.78 Å². The predicted octanol–water partition coefficient (Wildman–Crippen LogP) is 3.54. The van der Waals surface area contributed by atoms with E-state index in [2.05, 4.69) is 10.1 Å². The van der Waals surface area contributed by atoms with Gasteiger partial charge < -0.3 is 9.47 Å². The Kier molecular flexibility index (Phi) is 5.49. The van der Waals surface area contributed by atoms with Crippen LogP contribution in [0.4, 0.5) is 11.4 Å². The number of nitro groups is 1. The number of aromatic nitrogens is 2. The molecule has 0 aliphatic rings. The van der Waals surface area contributed by atoms with Gasteiger partial charge in [0.15, 0.2) is 11.5 Å². The van der Waals surface area contributed by atoms with Crippen LogP contribution in [0, 0.1) is 17.0 Å². The van der Waals surface area contributed by atoms with Crippen LogP contribution in [0.15, 0.2) is 52.3 Å². The molecule has 0 radical (unpaired) electrons. The summed E-state index contributed by atoms with van der Waals surface area (Å²) in [6.07, 6.45) is 0. The second-order valence-corrected chi connectivity index (χ2v) is 6.24. The molecule has 0 spiro atoms. The summed E-state index contributed by atoms with van der Waals surface area (Å²) in [7, 11) is 3.06. The Morgan fingerprint density at radius 3 is 2.41 bits per heavy atom. The Morgan fingerprint density at radius 2 is 1.83 bits per heavy atom. The average molecular weight is 396 g/mol. The summed E-state index contributed by atoms with van der Waals surface area (Å²) in [4.78, 5) is 27.9. The Balaban J connectivity index is 2.06. The standard InChI is InChI=1S/C20H20N4O5/c1-12(21-16-6-5-7-17(28-3)19(16)29-4)18-13(2)22-23(20(18)25)14-8-10-15(11-9-14)24(26)27/h5-11,22H,1-4H3. The zero-order chi connectivity index (χ0) is 21.1. The number of aromatic amines is 1. The number of aryl methyl sites for hydroxylation is 1. The average Bonchev–Trinajstić information content (AvgIpc) is 3.01. The van der Waals surface area contributed by atoms with E-state index in [1.165, 1.54) is 43.2 Å². The number of benzene rings is 2. The molecule has 1 N–H and O–H groups in total. The number of hydrogen-bond acceptors (Lipinski definition) is 6. The van der Waals surface area contributed by atoms with Crippen molar-refractivity contribution in [3.8, 4) is 17.2 Å². The van der Waals surface area contributed by atoms with Crippen LogP contribution in [0.1, 0.15) is 18.2 Å². The molecule has 2 aromatic carbocycles. The van der Waals surface area contributed by atoms with E-state index < -0.39 is 4.92 Å². The molecule has 0 aliphatic carbocycles. The summed E-state index contributed by atoms with van der Waals surface area (Å²) in [5, 5.41) is 13.8. The van der Waals surface area contributed by atoms with Crippen LogP contribution >= 0.6 is 0 Å². The third-order valence-corrected chi connectivity index (χ3v) is 4.42. The predicted molar refractivity (Wildman–Crippen MR) is 109 cm³/mol. The Hall–Kier alpha value is -3.88. The third kappa shape index (κ3) is 3.75. The lowest BCUT2D eigenvalue weighted by Gasteiger charge is -2.10. The summed E-state index contributed by atoms with van der Waals surface area (Å²) in [5.41, 5.74) is 2.20. The first-order valence-electron chi connectivity index (χ1n) is 8.70. The molecule has 9 heteroatoms. The molecule has 0 unspecified atom stereocenters. The van der Waals surface area contributed by atoms with Gasteiger partial charge in [0.25, 0.3) is 11.2 Å². The van der Waals surface area contributed by atoms with Gasteiger partial charge in [0.2, 0.25) is 0 Å². The lowest BCUT2D eigenvalue weighted by molar-refractivity contribution is -0.384. The second-order valence-electron chi connectivity index (χ2n) is 6.24. The highest BCUT2D eigenvalue weighted by Crippen LogP contribution is 2.37. The molecule has 0 aliphatic heterocycles. The molecule has 3 rings (SSSR count). The van der Waals surface area contributed by atoms with Gasteiger partial charge in [-0.25, -0.2) is 9.67 Å². The van der Waals surface area contributed by atoms with Gasteiger partial charge in [-0.3, -0.25) is 20.0 Å². The summed E-state index contributed by atoms with van der Waals surface area (Å²) in [6.45, 7) is 3.50. The van der Waals surface area contributed by atoms with Gasteiger partial charge in [0.05, 0.1) is 36.1 Å². The van der Waals surface area contributed by atoms with Crippen LogP contribution in [0.5, 0.6) is 11.5 Å². The van der Waals surface area contributed by atoms with Crippen molar-refractivity contribution >= 4 is 17.1 Å². The topological polar surface area (TPSA) is 112 Å². The molecular formula is C20H20N4O5. The Morgan fingerprint density at radius 1 is 1.14 bits per heavy atom. The molecule has 1 heterocycles. The third-order valence-electron chi connectivity index (χ3n) is 4.42. The lowest BCUT2D eigenvalue weighted by Crippen LogP contribution is -2.19. The Labute approximate surface area is 166 Å². The smallest absolute Gasteiger partial charge is 0.280 e. The molecule has 150 valence electrons. The highest BCUT2D eigenvalue weighted by molar-refractivity contribution is 6.01. The summed E-state index contributed by atoms with van der Waals surface area (Å²) in [6, 6.07) is 11.0. The van der Waals surface area contributed by atoms with E-state index in [0.717, 1.165) is 0 Å². The fourth-order valence-corrected chi connectivity index (χ4v) is 3.07. The van der Waals surface area contributed by atoms with Crippen molar-refractivity contribution in [2.45, 2.75) is 13.8 Å². The highest BCUT2D eigenvalue weighted by Gasteiger charge is 2.17. The molecule has 29 heavy (non-hydrogen) atoms. The van der Waals surface area contributed by atoms with Crippen molar-refractivity contribution in [3.05, 3.63) is 74.2 Å². The monoisotopic (exact) mass is 396 g/mol. The minimum absolute atomic E-state index is 0.0480. The van der Waals surface area contributed by atoms with Gasteiger partial charge in [-0.2, -0.15) is 0 Å². The largest absolute Gasteiger partial charge is 0.493 e. The molecular weight excluding hydrogens is 376 g/mol. The van der Waals surface area contributed by atoms with E-state index in [4.69, 9.17) is 9.47 Å². The van der Waals surface area contributed by atoms with Crippen molar-refractivity contribution in [2.75, 3.05) is 14.2 Å². The van der Waals surface area contributed by atoms with E-state index in [-0.39, 0.29) is 11.2 Å². The number of para-hydroxylation sites is 1. The summed E-state index contributed by atoms with van der Waals surface area (Å²) in [5.74, 6) is 1.01. The van der Waals surface area contributed by atoms with Gasteiger partial charge >= 0.3 is 0 Å². The molecule has 0 atom stereocenters. The first kappa shape index (κ1) is 19.9. The normalized spacial score (nSPS) is 11.4. The van der Waals surface area contributed by atoms with Crippen molar-refractivity contribution in [2.24, 2.45) is 4.99 Å². The van der Waals surface area contributed by atoms with E-state index in [9.17, 15) is 14.9 Å². The quantitative estimate of drug-likeness (QED) is 0.389. The maximum Gasteiger partial charge on any atom is 0.280 e. The molecule has 9 nitrogen and oxygen atoms in total. The lowest BCUT2D eigenvalue weighted by atomic mass is 10.1.